The third kappa shape index (κ3) is 10.5. The maximum atomic E-state index is 12.9. The minimum Gasteiger partial charge on any atom is -0.294 e. The molecule has 0 radical (unpaired) electrons. The monoisotopic (exact) mass is 702 g/mol. The molecule has 4 nitrogen and oxygen atoms in total. The van der Waals surface area contributed by atoms with E-state index in [9.17, 15) is 19.2 Å². The van der Waals surface area contributed by atoms with Crippen LogP contribution in [0.1, 0.15) is 35.1 Å². The number of fused-ring (bicyclic) bond motifs is 2. The molecule has 4 heteroatoms. The van der Waals surface area contributed by atoms with Crippen LogP contribution < -0.4 is 0 Å². The zero-order valence-corrected chi connectivity index (χ0v) is 29.7. The van der Waals surface area contributed by atoms with Crippen molar-refractivity contribution in [2.45, 2.75) is 12.8 Å². The van der Waals surface area contributed by atoms with E-state index >= 15 is 0 Å². The van der Waals surface area contributed by atoms with Gasteiger partial charge >= 0.3 is 0 Å². The van der Waals surface area contributed by atoms with Crippen LogP contribution in [-0.4, -0.2) is 23.1 Å². The first-order valence-electron chi connectivity index (χ1n) is 17.7. The Morgan fingerprint density at radius 1 is 0.370 bits per heavy atom. The smallest absolute Gasteiger partial charge is 0.163 e. The van der Waals surface area contributed by atoms with Gasteiger partial charge in [0.15, 0.2) is 23.1 Å². The summed E-state index contributed by atoms with van der Waals surface area (Å²) in [5.41, 5.74) is 5.79. The van der Waals surface area contributed by atoms with Gasteiger partial charge in [-0.2, -0.15) is 0 Å². The molecule has 0 saturated heterocycles. The number of rotatable bonds is 15. The predicted molar refractivity (Wildman–Crippen MR) is 223 cm³/mol. The fraction of sp³-hybridized carbons (Fsp3) is 0.0400. The maximum absolute atomic E-state index is 12.9. The third-order valence-electron chi connectivity index (χ3n) is 8.72. The van der Waals surface area contributed by atoms with Gasteiger partial charge in [-0.1, -0.05) is 170 Å². The highest BCUT2D eigenvalue weighted by Gasteiger charge is 2.08. The summed E-state index contributed by atoms with van der Waals surface area (Å²) in [5, 5.41) is 4.19. The second kappa shape index (κ2) is 18.5. The number of carbonyl (C=O) groups is 4. The number of benzene rings is 6. The lowest BCUT2D eigenvalue weighted by atomic mass is 9.95. The van der Waals surface area contributed by atoms with Crippen LogP contribution in [0.25, 0.3) is 57.0 Å². The number of hydrogen-bond donors (Lipinski definition) is 0. The molecular formula is C50H38O4. The van der Waals surface area contributed by atoms with Gasteiger partial charge in [-0.25, -0.2) is 0 Å². The average Bonchev–Trinajstić information content (AvgIpc) is 3.20. The van der Waals surface area contributed by atoms with Crippen LogP contribution in [0.2, 0.25) is 0 Å². The van der Waals surface area contributed by atoms with Crippen LogP contribution in [0, 0.1) is 0 Å². The first-order valence-corrected chi connectivity index (χ1v) is 17.7. The van der Waals surface area contributed by atoms with Crippen molar-refractivity contribution in [1.82, 2.24) is 0 Å². The van der Waals surface area contributed by atoms with E-state index in [1.807, 2.05) is 140 Å². The van der Waals surface area contributed by atoms with Gasteiger partial charge < -0.3 is 0 Å². The minimum atomic E-state index is -0.265. The second-order valence-corrected chi connectivity index (χ2v) is 12.7. The summed E-state index contributed by atoms with van der Waals surface area (Å²) >= 11 is 0. The van der Waals surface area contributed by atoms with Crippen LogP contribution in [0.5, 0.6) is 0 Å². The molecule has 0 saturated carbocycles. The zero-order valence-electron chi connectivity index (χ0n) is 29.7. The summed E-state index contributed by atoms with van der Waals surface area (Å²) in [7, 11) is 0. The maximum Gasteiger partial charge on any atom is 0.163 e. The average molecular weight is 703 g/mol. The Balaban J connectivity index is 1.05. The van der Waals surface area contributed by atoms with E-state index < -0.39 is 0 Å². The number of ketones is 4. The van der Waals surface area contributed by atoms with Crippen LogP contribution in [0.15, 0.2) is 182 Å². The highest BCUT2D eigenvalue weighted by Crippen LogP contribution is 2.29. The zero-order chi connectivity index (χ0) is 37.5. The normalized spacial score (nSPS) is 12.1. The number of carbonyl (C=O) groups excluding carboxylic acids is 4. The second-order valence-electron chi connectivity index (χ2n) is 12.7. The van der Waals surface area contributed by atoms with Crippen molar-refractivity contribution in [1.29, 1.82) is 0 Å². The van der Waals surface area contributed by atoms with E-state index in [1.165, 1.54) is 24.3 Å². The molecule has 0 fully saturated rings. The molecule has 262 valence electrons. The highest BCUT2D eigenvalue weighted by molar-refractivity contribution is 6.12. The fourth-order valence-electron chi connectivity index (χ4n) is 6.00. The largest absolute Gasteiger partial charge is 0.294 e. The van der Waals surface area contributed by atoms with E-state index in [1.54, 1.807) is 36.5 Å². The topological polar surface area (TPSA) is 68.3 Å². The summed E-state index contributed by atoms with van der Waals surface area (Å²) in [6, 6.07) is 43.9. The molecule has 6 aromatic carbocycles. The van der Waals surface area contributed by atoms with Gasteiger partial charge in [-0.05, 0) is 91.4 Å². The Kier molecular flexibility index (Phi) is 12.6. The van der Waals surface area contributed by atoms with Crippen LogP contribution in [0.4, 0.5) is 0 Å². The summed E-state index contributed by atoms with van der Waals surface area (Å²) in [6.45, 7) is 0. The molecule has 6 aromatic rings. The van der Waals surface area contributed by atoms with Crippen molar-refractivity contribution in [3.63, 3.8) is 0 Å². The molecule has 0 bridgehead atoms. The molecule has 6 rings (SSSR count). The first-order chi connectivity index (χ1) is 26.4. The first kappa shape index (κ1) is 36.7. The van der Waals surface area contributed by atoms with Crippen LogP contribution >= 0.6 is 0 Å². The lowest BCUT2D eigenvalue weighted by Gasteiger charge is -2.09. The molecule has 0 heterocycles. The summed E-state index contributed by atoms with van der Waals surface area (Å²) in [5.74, 6) is -1.03. The van der Waals surface area contributed by atoms with Crippen molar-refractivity contribution in [2.24, 2.45) is 0 Å². The Bertz CT molecular complexity index is 2490. The molecule has 0 aliphatic carbocycles. The van der Waals surface area contributed by atoms with Gasteiger partial charge in [-0.15, -0.1) is 0 Å². The van der Waals surface area contributed by atoms with Gasteiger partial charge in [0.1, 0.15) is 0 Å². The van der Waals surface area contributed by atoms with Crippen molar-refractivity contribution < 1.29 is 19.2 Å². The van der Waals surface area contributed by atoms with E-state index in [0.717, 1.165) is 54.9 Å². The molecular weight excluding hydrogens is 665 g/mol. The summed E-state index contributed by atoms with van der Waals surface area (Å²) in [4.78, 5) is 50.0. The van der Waals surface area contributed by atoms with Gasteiger partial charge in [0.05, 0.1) is 12.8 Å². The SMILES string of the molecule is O=C(/C=C/C=C/c1ccccc1)CC(=O)/C=C/C=C/c1ccc(-c2cc(/C=C/C(=O)CC(=O)/C=C/c3cccc4ccccc34)c3ccccc3c2)cc1. The van der Waals surface area contributed by atoms with Crippen molar-refractivity contribution in [3.8, 4) is 11.1 Å². The van der Waals surface area contributed by atoms with Crippen LogP contribution in [-0.2, 0) is 19.2 Å². The molecule has 0 atom stereocenters. The fourth-order valence-corrected chi connectivity index (χ4v) is 6.00. The molecule has 0 unspecified atom stereocenters. The van der Waals surface area contributed by atoms with E-state index in [0.29, 0.717) is 0 Å². The van der Waals surface area contributed by atoms with Gasteiger partial charge in [-0.3, -0.25) is 19.2 Å². The van der Waals surface area contributed by atoms with E-state index in [4.69, 9.17) is 0 Å². The molecule has 0 spiro atoms. The molecule has 0 amide bonds. The van der Waals surface area contributed by atoms with E-state index in [-0.39, 0.29) is 36.0 Å². The highest BCUT2D eigenvalue weighted by atomic mass is 16.2. The molecule has 0 aliphatic heterocycles. The quantitative estimate of drug-likeness (QED) is 0.0607. The summed E-state index contributed by atoms with van der Waals surface area (Å²) in [6.07, 6.45) is 19.6. The Hall–Kier alpha value is -7.04. The molecule has 0 aromatic heterocycles. The van der Waals surface area contributed by atoms with Crippen molar-refractivity contribution >= 4 is 69.0 Å². The third-order valence-corrected chi connectivity index (χ3v) is 8.72. The molecule has 0 aliphatic rings. The lowest BCUT2D eigenvalue weighted by Crippen LogP contribution is -2.02. The minimum absolute atomic E-state index is 0.187. The standard InChI is InChI=1S/C50H38O4/c51-45(21-8-4-15-37-13-2-1-3-14-37)35-46(52)22-9-5-16-38-25-27-39(28-26-38)44-33-42-18-7-11-24-50(42)43(34-44)30-32-48(54)36-47(53)31-29-41-20-12-19-40-17-6-10-23-49(40)41/h1-34H,35-36H2/b15-4+,16-5+,21-8+,22-9+,31-29+,32-30+. The molecule has 0 N–H and O–H groups in total. The Morgan fingerprint density at radius 2 is 0.870 bits per heavy atom. The van der Waals surface area contributed by atoms with Crippen molar-refractivity contribution in [3.05, 3.63) is 204 Å². The Morgan fingerprint density at radius 3 is 1.52 bits per heavy atom. The predicted octanol–water partition coefficient (Wildman–Crippen LogP) is 11.3. The van der Waals surface area contributed by atoms with Gasteiger partial charge in [0, 0.05) is 0 Å². The number of hydrogen-bond acceptors (Lipinski definition) is 4. The van der Waals surface area contributed by atoms with E-state index in [2.05, 4.69) is 6.07 Å². The van der Waals surface area contributed by atoms with Gasteiger partial charge in [0.25, 0.3) is 0 Å². The van der Waals surface area contributed by atoms with Crippen LogP contribution in [0.3, 0.4) is 0 Å². The number of allylic oxidation sites excluding steroid dienone is 8. The van der Waals surface area contributed by atoms with Gasteiger partial charge in [0.2, 0.25) is 0 Å². The summed E-state index contributed by atoms with van der Waals surface area (Å²) < 4.78 is 0. The van der Waals surface area contributed by atoms with Crippen molar-refractivity contribution in [2.75, 3.05) is 0 Å². The lowest BCUT2D eigenvalue weighted by molar-refractivity contribution is -0.123. The Labute approximate surface area is 315 Å². The molecule has 54 heavy (non-hydrogen) atoms.